The third-order valence-corrected chi connectivity index (χ3v) is 3.16. The van der Waals surface area contributed by atoms with Crippen LogP contribution < -0.4 is 4.90 Å². The van der Waals surface area contributed by atoms with Crippen molar-refractivity contribution >= 4 is 11.8 Å². The molecule has 1 aromatic rings. The molecule has 0 saturated carbocycles. The number of aromatic nitrogens is 1. The highest BCUT2D eigenvalue weighted by Crippen LogP contribution is 2.20. The number of hydrogen-bond acceptors (Lipinski definition) is 4. The van der Waals surface area contributed by atoms with E-state index in [1.165, 1.54) is 6.07 Å². The molecule has 1 saturated heterocycles. The number of carbonyl (C=O) groups is 1. The Balaban J connectivity index is 2.01. The van der Waals surface area contributed by atoms with Crippen molar-refractivity contribution in [2.24, 2.45) is 0 Å². The van der Waals surface area contributed by atoms with Gasteiger partial charge in [0.2, 0.25) is 0 Å². The third-order valence-electron chi connectivity index (χ3n) is 3.16. The van der Waals surface area contributed by atoms with E-state index in [2.05, 4.69) is 9.88 Å². The average molecular weight is 250 g/mol. The van der Waals surface area contributed by atoms with Crippen molar-refractivity contribution < 1.29 is 14.6 Å². The van der Waals surface area contributed by atoms with Crippen LogP contribution in [0.1, 0.15) is 30.1 Å². The van der Waals surface area contributed by atoms with Crippen LogP contribution in [0.2, 0.25) is 0 Å². The summed E-state index contributed by atoms with van der Waals surface area (Å²) in [7, 11) is 0. The largest absolute Gasteiger partial charge is 0.478 e. The zero-order chi connectivity index (χ0) is 13.0. The number of piperidine rings is 1. The molecule has 0 spiro atoms. The Kier molecular flexibility index (Phi) is 4.15. The third kappa shape index (κ3) is 2.98. The van der Waals surface area contributed by atoms with Crippen LogP contribution in [0.3, 0.4) is 0 Å². The highest BCUT2D eigenvalue weighted by Gasteiger charge is 2.20. The number of carboxylic acid groups (broad SMARTS) is 1. The maximum absolute atomic E-state index is 10.9. The summed E-state index contributed by atoms with van der Waals surface area (Å²) >= 11 is 0. The minimum absolute atomic E-state index is 0.284. The van der Waals surface area contributed by atoms with Gasteiger partial charge in [-0.2, -0.15) is 0 Å². The van der Waals surface area contributed by atoms with Crippen LogP contribution in [0.4, 0.5) is 5.82 Å². The fourth-order valence-corrected chi connectivity index (χ4v) is 2.21. The fraction of sp³-hybridized carbons (Fsp3) is 0.538. The summed E-state index contributed by atoms with van der Waals surface area (Å²) in [5, 5.41) is 8.95. The highest BCUT2D eigenvalue weighted by atomic mass is 16.5. The zero-order valence-corrected chi connectivity index (χ0v) is 10.5. The Morgan fingerprint density at radius 2 is 2.28 bits per heavy atom. The van der Waals surface area contributed by atoms with Gasteiger partial charge in [-0.1, -0.05) is 0 Å². The van der Waals surface area contributed by atoms with Crippen molar-refractivity contribution in [2.45, 2.75) is 25.9 Å². The van der Waals surface area contributed by atoms with Gasteiger partial charge >= 0.3 is 5.97 Å². The van der Waals surface area contributed by atoms with E-state index in [1.54, 1.807) is 12.3 Å². The van der Waals surface area contributed by atoms with Crippen molar-refractivity contribution in [1.29, 1.82) is 0 Å². The lowest BCUT2D eigenvalue weighted by molar-refractivity contribution is 0.0458. The molecule has 0 aliphatic carbocycles. The van der Waals surface area contributed by atoms with Crippen molar-refractivity contribution in [2.75, 3.05) is 24.6 Å². The second-order valence-electron chi connectivity index (χ2n) is 4.35. The predicted molar refractivity (Wildman–Crippen MR) is 68.1 cm³/mol. The molecule has 0 aromatic carbocycles. The molecule has 1 aliphatic heterocycles. The molecule has 1 aliphatic rings. The standard InChI is InChI=1S/C13H18N2O3/c1-2-18-11-4-7-15(8-5-11)12-9-10(13(16)17)3-6-14-12/h3,6,9,11H,2,4-5,7-8H2,1H3,(H,16,17). The summed E-state index contributed by atoms with van der Waals surface area (Å²) in [6, 6.07) is 3.14. The molecular formula is C13H18N2O3. The SMILES string of the molecule is CCOC1CCN(c2cc(C(=O)O)ccn2)CC1. The molecule has 0 radical (unpaired) electrons. The van der Waals surface area contributed by atoms with E-state index >= 15 is 0 Å². The number of hydrogen-bond donors (Lipinski definition) is 1. The van der Waals surface area contributed by atoms with Crippen LogP contribution in [0, 0.1) is 0 Å². The van der Waals surface area contributed by atoms with Gasteiger partial charge in [-0.25, -0.2) is 9.78 Å². The predicted octanol–water partition coefficient (Wildman–Crippen LogP) is 1.79. The van der Waals surface area contributed by atoms with Gasteiger partial charge in [-0.15, -0.1) is 0 Å². The molecule has 1 aromatic heterocycles. The zero-order valence-electron chi connectivity index (χ0n) is 10.5. The number of nitrogens with zero attached hydrogens (tertiary/aromatic N) is 2. The summed E-state index contributed by atoms with van der Waals surface area (Å²) in [6.07, 6.45) is 3.81. The summed E-state index contributed by atoms with van der Waals surface area (Å²) in [4.78, 5) is 17.3. The number of rotatable bonds is 4. The lowest BCUT2D eigenvalue weighted by Gasteiger charge is -2.32. The number of anilines is 1. The Labute approximate surface area is 106 Å². The molecule has 1 N–H and O–H groups in total. The molecule has 0 unspecified atom stereocenters. The van der Waals surface area contributed by atoms with Crippen LogP contribution in [0.15, 0.2) is 18.3 Å². The molecule has 2 rings (SSSR count). The number of ether oxygens (including phenoxy) is 1. The molecule has 1 fully saturated rings. The maximum atomic E-state index is 10.9. The summed E-state index contributed by atoms with van der Waals surface area (Å²) < 4.78 is 5.59. The molecule has 5 nitrogen and oxygen atoms in total. The number of pyridine rings is 1. The van der Waals surface area contributed by atoms with Crippen molar-refractivity contribution in [3.8, 4) is 0 Å². The highest BCUT2D eigenvalue weighted by molar-refractivity contribution is 5.88. The van der Waals surface area contributed by atoms with E-state index in [-0.39, 0.29) is 5.56 Å². The average Bonchev–Trinajstić information content (AvgIpc) is 2.40. The van der Waals surface area contributed by atoms with Crippen LogP contribution in [-0.4, -0.2) is 41.9 Å². The van der Waals surface area contributed by atoms with E-state index in [0.29, 0.717) is 6.10 Å². The molecule has 98 valence electrons. The second-order valence-corrected chi connectivity index (χ2v) is 4.35. The first-order valence-electron chi connectivity index (χ1n) is 6.26. The van der Waals surface area contributed by atoms with Gasteiger partial charge in [-0.05, 0) is 31.9 Å². The molecule has 0 amide bonds. The van der Waals surface area contributed by atoms with E-state index in [9.17, 15) is 4.79 Å². The summed E-state index contributed by atoms with van der Waals surface area (Å²) in [5.41, 5.74) is 0.284. The van der Waals surface area contributed by atoms with Crippen LogP contribution in [0.5, 0.6) is 0 Å². The van der Waals surface area contributed by atoms with E-state index < -0.39 is 5.97 Å². The van der Waals surface area contributed by atoms with Gasteiger partial charge in [0.15, 0.2) is 0 Å². The van der Waals surface area contributed by atoms with Crippen molar-refractivity contribution in [3.05, 3.63) is 23.9 Å². The molecule has 2 heterocycles. The van der Waals surface area contributed by atoms with Gasteiger partial charge < -0.3 is 14.7 Å². The Hall–Kier alpha value is -1.62. The van der Waals surface area contributed by atoms with Gasteiger partial charge in [0.25, 0.3) is 0 Å². The molecule has 0 bridgehead atoms. The van der Waals surface area contributed by atoms with Gasteiger partial charge in [0.05, 0.1) is 11.7 Å². The van der Waals surface area contributed by atoms with E-state index in [0.717, 1.165) is 38.4 Å². The van der Waals surface area contributed by atoms with Crippen LogP contribution in [0.25, 0.3) is 0 Å². The molecule has 0 atom stereocenters. The van der Waals surface area contributed by atoms with Gasteiger partial charge in [0.1, 0.15) is 5.82 Å². The Bertz CT molecular complexity index is 414. The van der Waals surface area contributed by atoms with Crippen LogP contribution >= 0.6 is 0 Å². The first-order chi connectivity index (χ1) is 8.70. The van der Waals surface area contributed by atoms with Gasteiger partial charge in [-0.3, -0.25) is 0 Å². The Morgan fingerprint density at radius 3 is 2.89 bits per heavy atom. The maximum Gasteiger partial charge on any atom is 0.335 e. The van der Waals surface area contributed by atoms with Crippen LogP contribution in [-0.2, 0) is 4.74 Å². The second kappa shape index (κ2) is 5.82. The monoisotopic (exact) mass is 250 g/mol. The lowest BCUT2D eigenvalue weighted by Crippen LogP contribution is -2.37. The molecule has 5 heteroatoms. The van der Waals surface area contributed by atoms with Crippen molar-refractivity contribution in [3.63, 3.8) is 0 Å². The fourth-order valence-electron chi connectivity index (χ4n) is 2.21. The smallest absolute Gasteiger partial charge is 0.335 e. The molecule has 18 heavy (non-hydrogen) atoms. The quantitative estimate of drug-likeness (QED) is 0.882. The number of carboxylic acids is 1. The molecular weight excluding hydrogens is 232 g/mol. The van der Waals surface area contributed by atoms with Gasteiger partial charge in [0, 0.05) is 25.9 Å². The minimum Gasteiger partial charge on any atom is -0.478 e. The Morgan fingerprint density at radius 1 is 1.56 bits per heavy atom. The normalized spacial score (nSPS) is 16.8. The lowest BCUT2D eigenvalue weighted by atomic mass is 10.1. The van der Waals surface area contributed by atoms with Crippen molar-refractivity contribution in [1.82, 2.24) is 4.98 Å². The summed E-state index contributed by atoms with van der Waals surface area (Å²) in [5.74, 6) is -0.173. The van der Waals surface area contributed by atoms with E-state index in [1.807, 2.05) is 6.92 Å². The number of aromatic carboxylic acids is 1. The van der Waals surface area contributed by atoms with E-state index in [4.69, 9.17) is 9.84 Å². The summed E-state index contributed by atoms with van der Waals surface area (Å²) in [6.45, 7) is 4.48. The first kappa shape index (κ1) is 12.8. The first-order valence-corrected chi connectivity index (χ1v) is 6.26. The topological polar surface area (TPSA) is 62.7 Å². The minimum atomic E-state index is -0.914.